The Hall–Kier alpha value is -0.450. The van der Waals surface area contributed by atoms with Crippen molar-refractivity contribution in [3.8, 4) is 0 Å². The quantitative estimate of drug-likeness (QED) is 0.736. The van der Waals surface area contributed by atoms with E-state index >= 15 is 0 Å². The lowest BCUT2D eigenvalue weighted by atomic mass is 9.79. The summed E-state index contributed by atoms with van der Waals surface area (Å²) in [5.41, 5.74) is 3.21. The monoisotopic (exact) mass is 242 g/mol. The summed E-state index contributed by atoms with van der Waals surface area (Å²) in [6, 6.07) is 0. The average molecular weight is 242 g/mol. The Labute approximate surface area is 102 Å². The molecule has 0 fully saturated rings. The van der Waals surface area contributed by atoms with Gasteiger partial charge in [-0.1, -0.05) is 13.8 Å². The van der Waals surface area contributed by atoms with Crippen LogP contribution in [0.15, 0.2) is 10.9 Å². The van der Waals surface area contributed by atoms with Crippen LogP contribution in [0.1, 0.15) is 38.8 Å². The van der Waals surface area contributed by atoms with Crippen LogP contribution in [0, 0.1) is 5.41 Å². The molecule has 92 valence electrons. The molecule has 0 bridgehead atoms. The molecule has 1 aromatic rings. The van der Waals surface area contributed by atoms with Crippen molar-refractivity contribution in [3.05, 3.63) is 16.6 Å². The van der Waals surface area contributed by atoms with Crippen LogP contribution in [0.2, 0.25) is 0 Å². The molecule has 3 nitrogen and oxygen atoms in total. The minimum atomic E-state index is 0.241. The predicted octanol–water partition coefficient (Wildman–Crippen LogP) is 2.42. The third-order valence-corrected chi connectivity index (χ3v) is 4.07. The van der Waals surface area contributed by atoms with E-state index in [1.807, 2.05) is 5.51 Å². The van der Waals surface area contributed by atoms with Gasteiger partial charge in [-0.3, -0.25) is 0 Å². The molecule has 16 heavy (non-hydrogen) atoms. The zero-order valence-corrected chi connectivity index (χ0v) is 11.0. The van der Waals surface area contributed by atoms with Gasteiger partial charge < -0.3 is 10.4 Å². The maximum absolute atomic E-state index is 9.11. The van der Waals surface area contributed by atoms with Crippen LogP contribution in [0.5, 0.6) is 0 Å². The number of nitrogens with one attached hydrogen (secondary N) is 1. The summed E-state index contributed by atoms with van der Waals surface area (Å²) in [7, 11) is 0. The second-order valence-electron chi connectivity index (χ2n) is 4.26. The van der Waals surface area contributed by atoms with Gasteiger partial charge in [0, 0.05) is 25.1 Å². The first kappa shape index (κ1) is 13.6. The lowest BCUT2D eigenvalue weighted by Gasteiger charge is -2.31. The molecule has 4 heteroatoms. The van der Waals surface area contributed by atoms with Gasteiger partial charge in [-0.05, 0) is 24.7 Å². The van der Waals surface area contributed by atoms with Gasteiger partial charge in [-0.15, -0.1) is 11.3 Å². The number of hydrogen-bond donors (Lipinski definition) is 2. The highest BCUT2D eigenvalue weighted by atomic mass is 32.1. The van der Waals surface area contributed by atoms with Crippen LogP contribution in [-0.2, 0) is 6.54 Å². The molecule has 0 saturated carbocycles. The standard InChI is InChI=1S/C12H22N2OS/c1-3-12(4-2,5-6-15)9-13-7-11-8-16-10-14-11/h8,10,13,15H,3-7,9H2,1-2H3. The van der Waals surface area contributed by atoms with Gasteiger partial charge in [-0.25, -0.2) is 4.98 Å². The third-order valence-electron chi connectivity index (χ3n) is 3.43. The van der Waals surface area contributed by atoms with Gasteiger partial charge in [0.15, 0.2) is 0 Å². The van der Waals surface area contributed by atoms with Crippen LogP contribution < -0.4 is 5.32 Å². The molecular weight excluding hydrogens is 220 g/mol. The Morgan fingerprint density at radius 2 is 2.19 bits per heavy atom. The Balaban J connectivity index is 2.37. The summed E-state index contributed by atoms with van der Waals surface area (Å²) in [5.74, 6) is 0. The van der Waals surface area contributed by atoms with E-state index in [4.69, 9.17) is 5.11 Å². The fourth-order valence-corrected chi connectivity index (χ4v) is 2.52. The highest BCUT2D eigenvalue weighted by molar-refractivity contribution is 7.07. The molecule has 0 radical (unpaired) electrons. The van der Waals surface area contributed by atoms with Crippen LogP contribution >= 0.6 is 11.3 Å². The van der Waals surface area contributed by atoms with Crippen molar-refractivity contribution < 1.29 is 5.11 Å². The van der Waals surface area contributed by atoms with Crippen molar-refractivity contribution in [2.24, 2.45) is 5.41 Å². The zero-order valence-electron chi connectivity index (χ0n) is 10.2. The number of hydrogen-bond acceptors (Lipinski definition) is 4. The number of aliphatic hydroxyl groups is 1. The van der Waals surface area contributed by atoms with Crippen molar-refractivity contribution in [2.75, 3.05) is 13.2 Å². The summed E-state index contributed by atoms with van der Waals surface area (Å²) in [5, 5.41) is 14.6. The zero-order chi connectivity index (χ0) is 11.9. The van der Waals surface area contributed by atoms with Crippen molar-refractivity contribution in [1.82, 2.24) is 10.3 Å². The first-order chi connectivity index (χ1) is 7.76. The molecule has 1 heterocycles. The van der Waals surface area contributed by atoms with E-state index in [-0.39, 0.29) is 12.0 Å². The molecule has 0 amide bonds. The highest BCUT2D eigenvalue weighted by Crippen LogP contribution is 2.29. The fraction of sp³-hybridized carbons (Fsp3) is 0.750. The first-order valence-electron chi connectivity index (χ1n) is 5.95. The maximum Gasteiger partial charge on any atom is 0.0795 e. The molecule has 0 aromatic carbocycles. The summed E-state index contributed by atoms with van der Waals surface area (Å²) in [6.07, 6.45) is 3.09. The molecule has 0 saturated heterocycles. The first-order valence-corrected chi connectivity index (χ1v) is 6.89. The van der Waals surface area contributed by atoms with Gasteiger partial charge in [-0.2, -0.15) is 0 Å². The van der Waals surface area contributed by atoms with Crippen molar-refractivity contribution in [2.45, 2.75) is 39.7 Å². The normalized spacial score (nSPS) is 11.9. The highest BCUT2D eigenvalue weighted by Gasteiger charge is 2.24. The Bertz CT molecular complexity index is 271. The lowest BCUT2D eigenvalue weighted by Crippen LogP contribution is -2.34. The van der Waals surface area contributed by atoms with Crippen LogP contribution in [-0.4, -0.2) is 23.2 Å². The van der Waals surface area contributed by atoms with Gasteiger partial charge in [0.2, 0.25) is 0 Å². The number of thiazole rings is 1. The van der Waals surface area contributed by atoms with Gasteiger partial charge in [0.05, 0.1) is 11.2 Å². The largest absolute Gasteiger partial charge is 0.396 e. The minimum Gasteiger partial charge on any atom is -0.396 e. The van der Waals surface area contributed by atoms with E-state index < -0.39 is 0 Å². The molecule has 0 aliphatic heterocycles. The Kier molecular flexibility index (Phi) is 5.95. The predicted molar refractivity (Wildman–Crippen MR) is 68.5 cm³/mol. The second kappa shape index (κ2) is 6.99. The number of rotatable bonds is 8. The molecule has 0 aliphatic rings. The fourth-order valence-electron chi connectivity index (χ4n) is 1.96. The third kappa shape index (κ3) is 3.85. The molecule has 2 N–H and O–H groups in total. The summed E-state index contributed by atoms with van der Waals surface area (Å²) in [6.45, 7) is 6.46. The van der Waals surface area contributed by atoms with Crippen LogP contribution in [0.25, 0.3) is 0 Å². The number of nitrogens with zero attached hydrogens (tertiary/aromatic N) is 1. The van der Waals surface area contributed by atoms with E-state index in [0.717, 1.165) is 38.0 Å². The Morgan fingerprint density at radius 3 is 2.69 bits per heavy atom. The van der Waals surface area contributed by atoms with Gasteiger partial charge in [0.1, 0.15) is 0 Å². The van der Waals surface area contributed by atoms with E-state index in [0.29, 0.717) is 0 Å². The molecule has 1 aromatic heterocycles. The molecule has 1 rings (SSSR count). The summed E-state index contributed by atoms with van der Waals surface area (Å²) in [4.78, 5) is 4.24. The molecule has 0 aliphatic carbocycles. The lowest BCUT2D eigenvalue weighted by molar-refractivity contribution is 0.163. The number of aliphatic hydroxyl groups excluding tert-OH is 1. The Morgan fingerprint density at radius 1 is 1.44 bits per heavy atom. The van der Waals surface area contributed by atoms with Crippen molar-refractivity contribution in [1.29, 1.82) is 0 Å². The average Bonchev–Trinajstić information content (AvgIpc) is 2.81. The van der Waals surface area contributed by atoms with Gasteiger partial charge in [0.25, 0.3) is 0 Å². The maximum atomic E-state index is 9.11. The second-order valence-corrected chi connectivity index (χ2v) is 4.98. The van der Waals surface area contributed by atoms with Crippen LogP contribution in [0.4, 0.5) is 0 Å². The topological polar surface area (TPSA) is 45.1 Å². The minimum absolute atomic E-state index is 0.241. The molecule has 0 spiro atoms. The van der Waals surface area contributed by atoms with E-state index in [9.17, 15) is 0 Å². The summed E-state index contributed by atoms with van der Waals surface area (Å²) < 4.78 is 0. The van der Waals surface area contributed by atoms with Crippen molar-refractivity contribution >= 4 is 11.3 Å². The van der Waals surface area contributed by atoms with E-state index in [2.05, 4.69) is 29.5 Å². The number of aromatic nitrogens is 1. The SMILES string of the molecule is CCC(CC)(CCO)CNCc1cscn1. The molecule has 0 atom stereocenters. The van der Waals surface area contributed by atoms with E-state index in [1.54, 1.807) is 11.3 Å². The summed E-state index contributed by atoms with van der Waals surface area (Å²) >= 11 is 1.63. The molecule has 0 unspecified atom stereocenters. The van der Waals surface area contributed by atoms with Crippen molar-refractivity contribution in [3.63, 3.8) is 0 Å². The smallest absolute Gasteiger partial charge is 0.0795 e. The van der Waals surface area contributed by atoms with E-state index in [1.165, 1.54) is 0 Å². The molecular formula is C12H22N2OS. The van der Waals surface area contributed by atoms with Crippen LogP contribution in [0.3, 0.4) is 0 Å². The van der Waals surface area contributed by atoms with Gasteiger partial charge >= 0.3 is 0 Å².